The van der Waals surface area contributed by atoms with Gasteiger partial charge in [-0.3, -0.25) is 11.3 Å². The first-order chi connectivity index (χ1) is 6.83. The summed E-state index contributed by atoms with van der Waals surface area (Å²) in [5.74, 6) is 6.36. The van der Waals surface area contributed by atoms with Crippen molar-refractivity contribution in [3.8, 4) is 0 Å². The van der Waals surface area contributed by atoms with Crippen molar-refractivity contribution in [1.82, 2.24) is 5.43 Å². The van der Waals surface area contributed by atoms with E-state index < -0.39 is 0 Å². The Morgan fingerprint density at radius 3 is 2.50 bits per heavy atom. The van der Waals surface area contributed by atoms with Crippen LogP contribution in [-0.4, -0.2) is 6.04 Å². The van der Waals surface area contributed by atoms with Gasteiger partial charge in [0.2, 0.25) is 0 Å². The van der Waals surface area contributed by atoms with Crippen LogP contribution in [-0.2, 0) is 0 Å². The lowest BCUT2D eigenvalue weighted by atomic mass is 9.84. The summed E-state index contributed by atoms with van der Waals surface area (Å²) in [6.07, 6.45) is 9.99. The molecule has 0 aromatic carbocycles. The number of nitrogens with one attached hydrogen (secondary N) is 1. The first kappa shape index (κ1) is 11.7. The molecule has 0 heterocycles. The fourth-order valence-electron chi connectivity index (χ4n) is 2.45. The molecule has 0 aromatic rings. The summed E-state index contributed by atoms with van der Waals surface area (Å²) in [5, 5.41) is 0. The minimum atomic E-state index is 0.422. The maximum Gasteiger partial charge on any atom is 0.0447 e. The van der Waals surface area contributed by atoms with E-state index in [9.17, 15) is 0 Å². The Morgan fingerprint density at radius 1 is 1.36 bits per heavy atom. The van der Waals surface area contributed by atoms with Gasteiger partial charge in [-0.2, -0.15) is 0 Å². The van der Waals surface area contributed by atoms with Crippen LogP contribution in [0.25, 0.3) is 0 Å². The van der Waals surface area contributed by atoms with E-state index in [2.05, 4.69) is 25.3 Å². The molecule has 0 aliphatic heterocycles. The molecule has 2 nitrogen and oxygen atoms in total. The van der Waals surface area contributed by atoms with Crippen molar-refractivity contribution in [2.45, 2.75) is 58.4 Å². The first-order valence-corrected chi connectivity index (χ1v) is 5.98. The topological polar surface area (TPSA) is 38.0 Å². The van der Waals surface area contributed by atoms with Crippen LogP contribution >= 0.6 is 0 Å². The van der Waals surface area contributed by atoms with Crippen molar-refractivity contribution in [1.29, 1.82) is 0 Å². The molecular weight excluding hydrogens is 172 g/mol. The Balaban J connectivity index is 2.63. The molecule has 0 fully saturated rings. The normalized spacial score (nSPS) is 19.6. The second-order valence-corrected chi connectivity index (χ2v) is 4.25. The van der Waals surface area contributed by atoms with Crippen LogP contribution in [0.4, 0.5) is 0 Å². The fraction of sp³-hybridized carbons (Fsp3) is 0.833. The predicted octanol–water partition coefficient (Wildman–Crippen LogP) is 2.75. The Bertz CT molecular complexity index is 183. The van der Waals surface area contributed by atoms with Crippen molar-refractivity contribution in [3.05, 3.63) is 11.6 Å². The molecule has 0 spiro atoms. The Kier molecular flexibility index (Phi) is 5.20. The zero-order valence-electron chi connectivity index (χ0n) is 9.55. The molecule has 1 unspecified atom stereocenters. The van der Waals surface area contributed by atoms with Crippen LogP contribution in [0.3, 0.4) is 0 Å². The van der Waals surface area contributed by atoms with Gasteiger partial charge in [-0.25, -0.2) is 0 Å². The van der Waals surface area contributed by atoms with Gasteiger partial charge >= 0.3 is 0 Å². The van der Waals surface area contributed by atoms with Gasteiger partial charge in [-0.15, -0.1) is 0 Å². The maximum absolute atomic E-state index is 5.66. The zero-order chi connectivity index (χ0) is 10.4. The number of hydrogen-bond acceptors (Lipinski definition) is 2. The molecule has 3 N–H and O–H groups in total. The summed E-state index contributed by atoms with van der Waals surface area (Å²) in [6.45, 7) is 4.50. The third-order valence-corrected chi connectivity index (χ3v) is 3.43. The van der Waals surface area contributed by atoms with E-state index >= 15 is 0 Å². The molecule has 0 bridgehead atoms. The molecule has 1 rings (SSSR count). The smallest absolute Gasteiger partial charge is 0.0447 e. The maximum atomic E-state index is 5.66. The molecule has 0 radical (unpaired) electrons. The summed E-state index contributed by atoms with van der Waals surface area (Å²) >= 11 is 0. The number of nitrogens with two attached hydrogens (primary N) is 1. The summed E-state index contributed by atoms with van der Waals surface area (Å²) in [7, 11) is 0. The summed E-state index contributed by atoms with van der Waals surface area (Å²) in [4.78, 5) is 0. The van der Waals surface area contributed by atoms with Gasteiger partial charge in [0.15, 0.2) is 0 Å². The van der Waals surface area contributed by atoms with Crippen molar-refractivity contribution in [2.75, 3.05) is 0 Å². The van der Waals surface area contributed by atoms with Gasteiger partial charge in [0.1, 0.15) is 0 Å². The molecule has 0 aromatic heterocycles. The van der Waals surface area contributed by atoms with Gasteiger partial charge in [0.05, 0.1) is 0 Å². The molecule has 0 saturated heterocycles. The minimum absolute atomic E-state index is 0.422. The predicted molar refractivity (Wildman–Crippen MR) is 61.7 cm³/mol. The average molecular weight is 196 g/mol. The molecule has 2 heteroatoms. The Morgan fingerprint density at radius 2 is 2.07 bits per heavy atom. The molecule has 1 aliphatic rings. The Hall–Kier alpha value is -0.340. The molecule has 0 saturated carbocycles. The van der Waals surface area contributed by atoms with Crippen molar-refractivity contribution in [2.24, 2.45) is 11.8 Å². The highest BCUT2D eigenvalue weighted by atomic mass is 15.2. The second kappa shape index (κ2) is 6.20. The van der Waals surface area contributed by atoms with Gasteiger partial charge in [-0.05, 0) is 31.6 Å². The summed E-state index contributed by atoms with van der Waals surface area (Å²) < 4.78 is 0. The zero-order valence-corrected chi connectivity index (χ0v) is 9.55. The number of rotatable bonds is 5. The lowest BCUT2D eigenvalue weighted by molar-refractivity contribution is 0.362. The first-order valence-electron chi connectivity index (χ1n) is 5.98. The van der Waals surface area contributed by atoms with E-state index in [-0.39, 0.29) is 0 Å². The van der Waals surface area contributed by atoms with Crippen LogP contribution in [0.2, 0.25) is 0 Å². The average Bonchev–Trinajstić information content (AvgIpc) is 2.27. The highest BCUT2D eigenvalue weighted by molar-refractivity contribution is 5.14. The van der Waals surface area contributed by atoms with Crippen LogP contribution < -0.4 is 11.3 Å². The van der Waals surface area contributed by atoms with Crippen molar-refractivity contribution >= 4 is 0 Å². The lowest BCUT2D eigenvalue weighted by Crippen LogP contribution is -2.42. The summed E-state index contributed by atoms with van der Waals surface area (Å²) in [5.41, 5.74) is 4.55. The van der Waals surface area contributed by atoms with E-state index in [1.165, 1.54) is 38.5 Å². The fourth-order valence-corrected chi connectivity index (χ4v) is 2.45. The summed E-state index contributed by atoms with van der Waals surface area (Å²) in [6, 6.07) is 0.422. The quantitative estimate of drug-likeness (QED) is 0.403. The lowest BCUT2D eigenvalue weighted by Gasteiger charge is -2.29. The number of hydrogen-bond donors (Lipinski definition) is 2. The molecule has 82 valence electrons. The minimum Gasteiger partial charge on any atom is -0.271 e. The highest BCUT2D eigenvalue weighted by Gasteiger charge is 2.21. The van der Waals surface area contributed by atoms with Crippen LogP contribution in [0.1, 0.15) is 52.4 Å². The van der Waals surface area contributed by atoms with Crippen molar-refractivity contribution in [3.63, 3.8) is 0 Å². The van der Waals surface area contributed by atoms with Gasteiger partial charge in [0.25, 0.3) is 0 Å². The Labute approximate surface area is 87.9 Å². The monoisotopic (exact) mass is 196 g/mol. The highest BCUT2D eigenvalue weighted by Crippen LogP contribution is 2.26. The standard InChI is InChI=1S/C12H24N2/c1-3-10(4-2)12(14-13)11-8-6-5-7-9-11/h8,10,12,14H,3-7,9,13H2,1-2H3. The second-order valence-electron chi connectivity index (χ2n) is 4.25. The third-order valence-electron chi connectivity index (χ3n) is 3.43. The van der Waals surface area contributed by atoms with E-state index in [0.717, 1.165) is 0 Å². The molecule has 1 atom stereocenters. The van der Waals surface area contributed by atoms with Crippen LogP contribution in [0, 0.1) is 5.92 Å². The van der Waals surface area contributed by atoms with Gasteiger partial charge in [-0.1, -0.05) is 38.3 Å². The van der Waals surface area contributed by atoms with Gasteiger partial charge in [0, 0.05) is 6.04 Å². The third kappa shape index (κ3) is 2.82. The van der Waals surface area contributed by atoms with E-state index in [1.54, 1.807) is 5.57 Å². The molecule has 1 aliphatic carbocycles. The van der Waals surface area contributed by atoms with E-state index in [0.29, 0.717) is 12.0 Å². The SMILES string of the molecule is CCC(CC)C(NN)C1=CCCCC1. The number of hydrazine groups is 1. The van der Waals surface area contributed by atoms with E-state index in [4.69, 9.17) is 5.84 Å². The molecule has 0 amide bonds. The molecular formula is C12H24N2. The van der Waals surface area contributed by atoms with Gasteiger partial charge < -0.3 is 0 Å². The van der Waals surface area contributed by atoms with E-state index in [1.807, 2.05) is 0 Å². The largest absolute Gasteiger partial charge is 0.271 e. The van der Waals surface area contributed by atoms with Crippen LogP contribution in [0.15, 0.2) is 11.6 Å². The van der Waals surface area contributed by atoms with Crippen LogP contribution in [0.5, 0.6) is 0 Å². The number of allylic oxidation sites excluding steroid dienone is 1. The van der Waals surface area contributed by atoms with Crippen molar-refractivity contribution < 1.29 is 0 Å². The molecule has 14 heavy (non-hydrogen) atoms.